The van der Waals surface area contributed by atoms with Gasteiger partial charge in [0.05, 0.1) is 0 Å². The summed E-state index contributed by atoms with van der Waals surface area (Å²) in [5.74, 6) is 0.831. The van der Waals surface area contributed by atoms with Crippen LogP contribution >= 0.6 is 0 Å². The largest absolute Gasteiger partial charge is 0.489 e. The maximum Gasteiger partial charge on any atom is 0.163 e. The summed E-state index contributed by atoms with van der Waals surface area (Å²) in [5.41, 5.74) is 0.965. The predicted octanol–water partition coefficient (Wildman–Crippen LogP) is 2.41. The zero-order chi connectivity index (χ0) is 9.97. The Kier molecular flexibility index (Phi) is 2.35. The number of hydrogen-bond acceptors (Lipinski definition) is 2. The van der Waals surface area contributed by atoms with Crippen molar-refractivity contribution in [2.45, 2.75) is 19.4 Å². The van der Waals surface area contributed by atoms with Gasteiger partial charge in [-0.05, 0) is 6.92 Å². The van der Waals surface area contributed by atoms with Gasteiger partial charge in [-0.1, -0.05) is 30.3 Å². The molecule has 1 aromatic rings. The van der Waals surface area contributed by atoms with Gasteiger partial charge in [0, 0.05) is 18.1 Å². The van der Waals surface area contributed by atoms with Gasteiger partial charge in [-0.15, -0.1) is 0 Å². The Morgan fingerprint density at radius 2 is 2.00 bits per heavy atom. The van der Waals surface area contributed by atoms with Gasteiger partial charge >= 0.3 is 0 Å². The molecule has 0 bridgehead atoms. The van der Waals surface area contributed by atoms with Gasteiger partial charge in [0.25, 0.3) is 0 Å². The Labute approximate surface area is 83.2 Å². The lowest BCUT2D eigenvalue weighted by molar-refractivity contribution is -0.117. The average Bonchev–Trinajstić information content (AvgIpc) is 2.18. The zero-order valence-electron chi connectivity index (χ0n) is 8.07. The number of benzene rings is 1. The summed E-state index contributed by atoms with van der Waals surface area (Å²) < 4.78 is 5.58. The molecule has 1 aliphatic heterocycles. The number of allylic oxidation sites excluding steroid dienone is 1. The summed E-state index contributed by atoms with van der Waals surface area (Å²) in [7, 11) is 0. The Hall–Kier alpha value is -1.57. The van der Waals surface area contributed by atoms with Gasteiger partial charge in [0.1, 0.15) is 11.9 Å². The molecule has 0 fully saturated rings. The Balaban J connectivity index is 2.31. The van der Waals surface area contributed by atoms with Crippen LogP contribution in [0.3, 0.4) is 0 Å². The van der Waals surface area contributed by atoms with Crippen molar-refractivity contribution in [1.82, 2.24) is 0 Å². The quantitative estimate of drug-likeness (QED) is 0.676. The van der Waals surface area contributed by atoms with E-state index >= 15 is 0 Å². The highest BCUT2D eigenvalue weighted by atomic mass is 16.5. The van der Waals surface area contributed by atoms with Gasteiger partial charge in [0.2, 0.25) is 0 Å². The number of ether oxygens (including phenoxy) is 1. The van der Waals surface area contributed by atoms with Crippen LogP contribution in [0.15, 0.2) is 36.4 Å². The van der Waals surface area contributed by atoms with Crippen LogP contribution in [0, 0.1) is 0 Å². The average molecular weight is 188 g/mol. The maximum absolute atomic E-state index is 11.3. The van der Waals surface area contributed by atoms with Crippen molar-refractivity contribution < 1.29 is 9.53 Å². The van der Waals surface area contributed by atoms with Crippen LogP contribution in [0.2, 0.25) is 0 Å². The van der Waals surface area contributed by atoms with Crippen LogP contribution in [-0.4, -0.2) is 11.9 Å². The summed E-state index contributed by atoms with van der Waals surface area (Å²) >= 11 is 0. The molecule has 0 radical (unpaired) electrons. The molecule has 0 aliphatic carbocycles. The van der Waals surface area contributed by atoms with Gasteiger partial charge in [-0.3, -0.25) is 4.79 Å². The van der Waals surface area contributed by atoms with Crippen LogP contribution in [0.5, 0.6) is 0 Å². The molecule has 1 heterocycles. The summed E-state index contributed by atoms with van der Waals surface area (Å²) in [5, 5.41) is 0. The molecule has 14 heavy (non-hydrogen) atoms. The van der Waals surface area contributed by atoms with E-state index in [0.717, 1.165) is 5.56 Å². The molecule has 1 atom stereocenters. The first-order chi connectivity index (χ1) is 6.75. The van der Waals surface area contributed by atoms with E-state index in [1.807, 2.05) is 37.3 Å². The van der Waals surface area contributed by atoms with Crippen LogP contribution in [0.4, 0.5) is 0 Å². The van der Waals surface area contributed by atoms with Crippen molar-refractivity contribution in [3.05, 3.63) is 42.0 Å². The first-order valence-electron chi connectivity index (χ1n) is 4.72. The molecule has 0 spiro atoms. The van der Waals surface area contributed by atoms with Gasteiger partial charge in [-0.25, -0.2) is 0 Å². The van der Waals surface area contributed by atoms with E-state index < -0.39 is 0 Å². The number of hydrogen-bond donors (Lipinski definition) is 0. The molecule has 1 aromatic carbocycles. The Morgan fingerprint density at radius 3 is 2.64 bits per heavy atom. The van der Waals surface area contributed by atoms with E-state index in [2.05, 4.69) is 0 Å². The van der Waals surface area contributed by atoms with E-state index in [0.29, 0.717) is 12.2 Å². The van der Waals surface area contributed by atoms with Gasteiger partial charge < -0.3 is 4.74 Å². The lowest BCUT2D eigenvalue weighted by Gasteiger charge is -2.20. The van der Waals surface area contributed by atoms with Gasteiger partial charge in [-0.2, -0.15) is 0 Å². The van der Waals surface area contributed by atoms with Crippen molar-refractivity contribution >= 4 is 11.5 Å². The SMILES string of the molecule is CC1CC(=O)C=C(c2ccccc2)O1. The Bertz CT molecular complexity index is 365. The van der Waals surface area contributed by atoms with Crippen LogP contribution in [0.25, 0.3) is 5.76 Å². The third-order valence-electron chi connectivity index (χ3n) is 2.17. The monoisotopic (exact) mass is 188 g/mol. The number of rotatable bonds is 1. The van der Waals surface area contributed by atoms with E-state index in [1.54, 1.807) is 6.08 Å². The minimum Gasteiger partial charge on any atom is -0.489 e. The molecular formula is C12H12O2. The molecule has 2 nitrogen and oxygen atoms in total. The highest BCUT2D eigenvalue weighted by Gasteiger charge is 2.18. The second kappa shape index (κ2) is 3.66. The molecule has 0 amide bonds. The second-order valence-corrected chi connectivity index (χ2v) is 3.47. The highest BCUT2D eigenvalue weighted by molar-refractivity contribution is 5.97. The van der Waals surface area contributed by atoms with Crippen LogP contribution < -0.4 is 0 Å². The molecule has 2 heteroatoms. The molecule has 1 aliphatic rings. The van der Waals surface area contributed by atoms with Crippen LogP contribution in [-0.2, 0) is 9.53 Å². The lowest BCUT2D eigenvalue weighted by Crippen LogP contribution is -2.18. The number of carbonyl (C=O) groups is 1. The van der Waals surface area contributed by atoms with Crippen molar-refractivity contribution in [1.29, 1.82) is 0 Å². The second-order valence-electron chi connectivity index (χ2n) is 3.47. The van der Waals surface area contributed by atoms with Crippen molar-refractivity contribution in [2.75, 3.05) is 0 Å². The van der Waals surface area contributed by atoms with E-state index in [9.17, 15) is 4.79 Å². The summed E-state index contributed by atoms with van der Waals surface area (Å²) in [6.45, 7) is 1.91. The third-order valence-corrected chi connectivity index (χ3v) is 2.17. The fourth-order valence-electron chi connectivity index (χ4n) is 1.53. The standard InChI is InChI=1S/C12H12O2/c1-9-7-11(13)8-12(14-9)10-5-3-2-4-6-10/h2-6,8-9H,7H2,1H3. The molecule has 0 N–H and O–H groups in total. The number of ketones is 1. The summed E-state index contributed by atoms with van der Waals surface area (Å²) in [6.07, 6.45) is 2.05. The van der Waals surface area contributed by atoms with E-state index in [1.165, 1.54) is 0 Å². The van der Waals surface area contributed by atoms with Crippen molar-refractivity contribution in [3.8, 4) is 0 Å². The van der Waals surface area contributed by atoms with Gasteiger partial charge in [0.15, 0.2) is 5.78 Å². The molecule has 0 aromatic heterocycles. The first kappa shape index (κ1) is 9.00. The molecule has 2 rings (SSSR count). The van der Waals surface area contributed by atoms with E-state index in [4.69, 9.17) is 4.74 Å². The minimum absolute atomic E-state index is 0.0114. The topological polar surface area (TPSA) is 26.3 Å². The summed E-state index contributed by atoms with van der Waals surface area (Å²) in [4.78, 5) is 11.3. The lowest BCUT2D eigenvalue weighted by atomic mass is 10.1. The highest BCUT2D eigenvalue weighted by Crippen LogP contribution is 2.22. The smallest absolute Gasteiger partial charge is 0.163 e. The summed E-state index contributed by atoms with van der Waals surface area (Å²) in [6, 6.07) is 9.69. The Morgan fingerprint density at radius 1 is 1.29 bits per heavy atom. The minimum atomic E-state index is -0.0114. The van der Waals surface area contributed by atoms with Crippen molar-refractivity contribution in [3.63, 3.8) is 0 Å². The fraction of sp³-hybridized carbons (Fsp3) is 0.250. The third kappa shape index (κ3) is 1.84. The fourth-order valence-corrected chi connectivity index (χ4v) is 1.53. The molecule has 0 saturated carbocycles. The van der Waals surface area contributed by atoms with Crippen LogP contribution in [0.1, 0.15) is 18.9 Å². The predicted molar refractivity (Wildman–Crippen MR) is 54.6 cm³/mol. The molecule has 1 unspecified atom stereocenters. The maximum atomic E-state index is 11.3. The van der Waals surface area contributed by atoms with Crippen molar-refractivity contribution in [2.24, 2.45) is 0 Å². The van der Waals surface area contributed by atoms with E-state index in [-0.39, 0.29) is 11.9 Å². The first-order valence-corrected chi connectivity index (χ1v) is 4.72. The molecular weight excluding hydrogens is 176 g/mol. The molecule has 0 saturated heterocycles. The number of carbonyl (C=O) groups excluding carboxylic acids is 1. The zero-order valence-corrected chi connectivity index (χ0v) is 8.07. The molecule has 72 valence electrons. The normalized spacial score (nSPS) is 21.4.